The van der Waals surface area contributed by atoms with Gasteiger partial charge in [0, 0.05) is 6.04 Å². The summed E-state index contributed by atoms with van der Waals surface area (Å²) < 4.78 is 0. The minimum Gasteiger partial charge on any atom is -0.353 e. The second kappa shape index (κ2) is 6.03. The lowest BCUT2D eigenvalue weighted by Gasteiger charge is -2.19. The summed E-state index contributed by atoms with van der Waals surface area (Å²) >= 11 is 0. The topological polar surface area (TPSA) is 29.1 Å². The van der Waals surface area contributed by atoms with Gasteiger partial charge in [0.1, 0.15) is 0 Å². The summed E-state index contributed by atoms with van der Waals surface area (Å²) in [6.07, 6.45) is 4.38. The van der Waals surface area contributed by atoms with Crippen molar-refractivity contribution in [3.05, 3.63) is 35.9 Å². The quantitative estimate of drug-likeness (QED) is 0.864. The van der Waals surface area contributed by atoms with E-state index < -0.39 is 0 Å². The van der Waals surface area contributed by atoms with Crippen molar-refractivity contribution in [3.63, 3.8) is 0 Å². The van der Waals surface area contributed by atoms with E-state index in [4.69, 9.17) is 0 Å². The molecule has 0 aliphatic heterocycles. The fourth-order valence-corrected chi connectivity index (χ4v) is 2.90. The first kappa shape index (κ1) is 13.1. The van der Waals surface area contributed by atoms with Gasteiger partial charge in [-0.1, -0.05) is 44.2 Å². The van der Waals surface area contributed by atoms with Crippen molar-refractivity contribution in [2.75, 3.05) is 0 Å². The van der Waals surface area contributed by atoms with Crippen LogP contribution in [0.3, 0.4) is 0 Å². The molecule has 2 rings (SSSR count). The number of carbonyl (C=O) groups excluding carboxylic acids is 1. The molecular weight excluding hydrogens is 222 g/mol. The van der Waals surface area contributed by atoms with Crippen molar-refractivity contribution in [3.8, 4) is 0 Å². The standard InChI is InChI=1S/C16H23NO/c1-3-15(13-7-5-4-6-8-13)16(18)17-14-10-9-12(2)11-14/h4-8,12,14-15H,3,9-11H2,1-2H3,(H,17,18). The Morgan fingerprint density at radius 2 is 2.06 bits per heavy atom. The van der Waals surface area contributed by atoms with Gasteiger partial charge in [-0.25, -0.2) is 0 Å². The monoisotopic (exact) mass is 245 g/mol. The van der Waals surface area contributed by atoms with E-state index in [0.717, 1.165) is 30.7 Å². The zero-order valence-corrected chi connectivity index (χ0v) is 11.4. The molecule has 18 heavy (non-hydrogen) atoms. The molecular formula is C16H23NO. The van der Waals surface area contributed by atoms with Crippen LogP contribution in [0, 0.1) is 5.92 Å². The molecule has 1 amide bonds. The van der Waals surface area contributed by atoms with Crippen molar-refractivity contribution in [2.24, 2.45) is 5.92 Å². The molecule has 3 atom stereocenters. The van der Waals surface area contributed by atoms with E-state index in [2.05, 4.69) is 19.2 Å². The van der Waals surface area contributed by atoms with Gasteiger partial charge < -0.3 is 5.32 Å². The summed E-state index contributed by atoms with van der Waals surface area (Å²) in [5.74, 6) is 0.956. The predicted molar refractivity (Wildman–Crippen MR) is 74.4 cm³/mol. The van der Waals surface area contributed by atoms with E-state index in [1.165, 1.54) is 6.42 Å². The normalized spacial score (nSPS) is 24.8. The average Bonchev–Trinajstić information content (AvgIpc) is 2.77. The second-order valence-electron chi connectivity index (χ2n) is 5.50. The van der Waals surface area contributed by atoms with Gasteiger partial charge in [0.05, 0.1) is 5.92 Å². The van der Waals surface area contributed by atoms with Crippen LogP contribution in [0.5, 0.6) is 0 Å². The molecule has 0 heterocycles. The Bertz CT molecular complexity index is 387. The molecule has 0 bridgehead atoms. The van der Waals surface area contributed by atoms with Crippen molar-refractivity contribution < 1.29 is 4.79 Å². The Labute approximate surface area is 110 Å². The van der Waals surface area contributed by atoms with Crippen LogP contribution in [0.1, 0.15) is 51.0 Å². The fourth-order valence-electron chi connectivity index (χ4n) is 2.90. The molecule has 1 fully saturated rings. The first-order valence-electron chi connectivity index (χ1n) is 7.06. The molecule has 2 heteroatoms. The molecule has 1 saturated carbocycles. The third-order valence-corrected chi connectivity index (χ3v) is 3.97. The summed E-state index contributed by atoms with van der Waals surface area (Å²) in [5, 5.41) is 3.22. The third kappa shape index (κ3) is 3.12. The van der Waals surface area contributed by atoms with Crippen LogP contribution in [0.15, 0.2) is 30.3 Å². The van der Waals surface area contributed by atoms with Crippen LogP contribution < -0.4 is 5.32 Å². The largest absolute Gasteiger partial charge is 0.353 e. The summed E-state index contributed by atoms with van der Waals surface area (Å²) in [5.41, 5.74) is 1.13. The summed E-state index contributed by atoms with van der Waals surface area (Å²) in [6, 6.07) is 10.5. The second-order valence-corrected chi connectivity index (χ2v) is 5.50. The molecule has 0 saturated heterocycles. The first-order chi connectivity index (χ1) is 8.70. The number of nitrogens with one attached hydrogen (secondary N) is 1. The summed E-state index contributed by atoms with van der Waals surface area (Å²) in [6.45, 7) is 4.34. The van der Waals surface area contributed by atoms with Crippen molar-refractivity contribution in [2.45, 2.75) is 51.5 Å². The van der Waals surface area contributed by atoms with E-state index in [1.807, 2.05) is 30.3 Å². The molecule has 1 aliphatic rings. The van der Waals surface area contributed by atoms with Crippen LogP contribution in [0.2, 0.25) is 0 Å². The SMILES string of the molecule is CCC(C(=O)NC1CCC(C)C1)c1ccccc1. The Hall–Kier alpha value is -1.31. The number of hydrogen-bond donors (Lipinski definition) is 1. The molecule has 2 nitrogen and oxygen atoms in total. The number of benzene rings is 1. The number of hydrogen-bond acceptors (Lipinski definition) is 1. The van der Waals surface area contributed by atoms with Crippen molar-refractivity contribution in [1.29, 1.82) is 0 Å². The van der Waals surface area contributed by atoms with Crippen LogP contribution in [-0.4, -0.2) is 11.9 Å². The lowest BCUT2D eigenvalue weighted by Crippen LogP contribution is -2.36. The molecule has 1 N–H and O–H groups in total. The average molecular weight is 245 g/mol. The van der Waals surface area contributed by atoms with Crippen molar-refractivity contribution in [1.82, 2.24) is 5.32 Å². The van der Waals surface area contributed by atoms with E-state index in [0.29, 0.717) is 6.04 Å². The van der Waals surface area contributed by atoms with Crippen LogP contribution >= 0.6 is 0 Å². The zero-order chi connectivity index (χ0) is 13.0. The zero-order valence-electron chi connectivity index (χ0n) is 11.4. The maximum atomic E-state index is 12.3. The van der Waals surface area contributed by atoms with E-state index in [-0.39, 0.29) is 11.8 Å². The van der Waals surface area contributed by atoms with E-state index in [9.17, 15) is 4.79 Å². The predicted octanol–water partition coefficient (Wildman–Crippen LogP) is 3.49. The maximum absolute atomic E-state index is 12.3. The minimum absolute atomic E-state index is 0.00195. The van der Waals surface area contributed by atoms with Crippen LogP contribution in [0.25, 0.3) is 0 Å². The third-order valence-electron chi connectivity index (χ3n) is 3.97. The molecule has 1 aliphatic carbocycles. The van der Waals surface area contributed by atoms with Gasteiger partial charge in [-0.3, -0.25) is 4.79 Å². The first-order valence-corrected chi connectivity index (χ1v) is 7.06. The maximum Gasteiger partial charge on any atom is 0.227 e. The Balaban J connectivity index is 1.98. The Morgan fingerprint density at radius 3 is 2.61 bits per heavy atom. The molecule has 1 aromatic rings. The van der Waals surface area contributed by atoms with Crippen LogP contribution in [-0.2, 0) is 4.79 Å². The van der Waals surface area contributed by atoms with Gasteiger partial charge in [-0.05, 0) is 37.2 Å². The van der Waals surface area contributed by atoms with Crippen molar-refractivity contribution >= 4 is 5.91 Å². The molecule has 0 spiro atoms. The number of carbonyl (C=O) groups is 1. The highest BCUT2D eigenvalue weighted by molar-refractivity contribution is 5.83. The van der Waals surface area contributed by atoms with Gasteiger partial charge in [0.25, 0.3) is 0 Å². The molecule has 0 radical (unpaired) electrons. The number of rotatable bonds is 4. The molecule has 0 aromatic heterocycles. The van der Waals surface area contributed by atoms with Gasteiger partial charge >= 0.3 is 0 Å². The fraction of sp³-hybridized carbons (Fsp3) is 0.562. The van der Waals surface area contributed by atoms with Gasteiger partial charge in [-0.2, -0.15) is 0 Å². The Kier molecular flexibility index (Phi) is 4.40. The highest BCUT2D eigenvalue weighted by Crippen LogP contribution is 2.26. The highest BCUT2D eigenvalue weighted by Gasteiger charge is 2.26. The molecule has 3 unspecified atom stereocenters. The van der Waals surface area contributed by atoms with Gasteiger partial charge in [0.2, 0.25) is 5.91 Å². The van der Waals surface area contributed by atoms with E-state index >= 15 is 0 Å². The minimum atomic E-state index is 0.00195. The van der Waals surface area contributed by atoms with Gasteiger partial charge in [-0.15, -0.1) is 0 Å². The van der Waals surface area contributed by atoms with E-state index in [1.54, 1.807) is 0 Å². The lowest BCUT2D eigenvalue weighted by atomic mass is 9.95. The summed E-state index contributed by atoms with van der Waals surface area (Å²) in [7, 11) is 0. The Morgan fingerprint density at radius 1 is 1.33 bits per heavy atom. The summed E-state index contributed by atoms with van der Waals surface area (Å²) in [4.78, 5) is 12.3. The molecule has 98 valence electrons. The lowest BCUT2D eigenvalue weighted by molar-refractivity contribution is -0.123. The highest BCUT2D eigenvalue weighted by atomic mass is 16.1. The van der Waals surface area contributed by atoms with Gasteiger partial charge in [0.15, 0.2) is 0 Å². The smallest absolute Gasteiger partial charge is 0.227 e. The number of amides is 1. The molecule has 1 aromatic carbocycles. The van der Waals surface area contributed by atoms with Crippen LogP contribution in [0.4, 0.5) is 0 Å².